The van der Waals surface area contributed by atoms with Crippen molar-refractivity contribution in [1.82, 2.24) is 5.32 Å². The zero-order valence-electron chi connectivity index (χ0n) is 13.4. The SMILES string of the molecule is Cc1ccc(C)c(NCC(=O)NCCCc2ccccc2)c1. The highest BCUT2D eigenvalue weighted by Crippen LogP contribution is 2.15. The topological polar surface area (TPSA) is 41.1 Å². The molecule has 0 atom stereocenters. The number of carbonyl (C=O) groups excluding carboxylic acids is 1. The van der Waals surface area contributed by atoms with E-state index in [9.17, 15) is 4.79 Å². The van der Waals surface area contributed by atoms with Crippen molar-refractivity contribution in [1.29, 1.82) is 0 Å². The Bertz CT molecular complexity index is 608. The smallest absolute Gasteiger partial charge is 0.239 e. The maximum absolute atomic E-state index is 11.9. The molecule has 2 aromatic carbocycles. The first-order valence-corrected chi connectivity index (χ1v) is 7.77. The van der Waals surface area contributed by atoms with Gasteiger partial charge in [-0.05, 0) is 49.4 Å². The van der Waals surface area contributed by atoms with Crippen molar-refractivity contribution in [3.05, 3.63) is 65.2 Å². The van der Waals surface area contributed by atoms with Crippen molar-refractivity contribution in [3.8, 4) is 0 Å². The van der Waals surface area contributed by atoms with E-state index >= 15 is 0 Å². The summed E-state index contributed by atoms with van der Waals surface area (Å²) in [6, 6.07) is 16.5. The Labute approximate surface area is 132 Å². The molecule has 3 nitrogen and oxygen atoms in total. The molecule has 0 aromatic heterocycles. The molecule has 0 radical (unpaired) electrons. The van der Waals surface area contributed by atoms with E-state index in [1.54, 1.807) is 0 Å². The number of carbonyl (C=O) groups is 1. The van der Waals surface area contributed by atoms with E-state index in [1.807, 2.05) is 32.0 Å². The molecule has 0 heterocycles. The molecular weight excluding hydrogens is 272 g/mol. The van der Waals surface area contributed by atoms with Crippen LogP contribution in [-0.2, 0) is 11.2 Å². The van der Waals surface area contributed by atoms with Crippen LogP contribution in [0, 0.1) is 13.8 Å². The molecule has 2 rings (SSSR count). The van der Waals surface area contributed by atoms with Crippen LogP contribution in [0.15, 0.2) is 48.5 Å². The molecule has 2 aromatic rings. The van der Waals surface area contributed by atoms with E-state index in [1.165, 1.54) is 11.1 Å². The van der Waals surface area contributed by atoms with Crippen LogP contribution in [-0.4, -0.2) is 19.0 Å². The second-order valence-corrected chi connectivity index (χ2v) is 5.61. The molecular formula is C19H24N2O. The maximum atomic E-state index is 11.9. The van der Waals surface area contributed by atoms with Crippen LogP contribution in [0.4, 0.5) is 5.69 Å². The van der Waals surface area contributed by atoms with Gasteiger partial charge in [0.1, 0.15) is 0 Å². The summed E-state index contributed by atoms with van der Waals surface area (Å²) in [6.45, 7) is 5.12. The molecule has 0 saturated carbocycles. The van der Waals surface area contributed by atoms with Crippen LogP contribution in [0.25, 0.3) is 0 Å². The van der Waals surface area contributed by atoms with Gasteiger partial charge in [-0.15, -0.1) is 0 Å². The predicted molar refractivity (Wildman–Crippen MR) is 92.2 cm³/mol. The van der Waals surface area contributed by atoms with Crippen molar-refractivity contribution in [2.45, 2.75) is 26.7 Å². The lowest BCUT2D eigenvalue weighted by atomic mass is 10.1. The molecule has 1 amide bonds. The summed E-state index contributed by atoms with van der Waals surface area (Å²) in [7, 11) is 0. The fourth-order valence-electron chi connectivity index (χ4n) is 2.33. The quantitative estimate of drug-likeness (QED) is 0.768. The Hall–Kier alpha value is -2.29. The van der Waals surface area contributed by atoms with Crippen molar-refractivity contribution in [2.24, 2.45) is 0 Å². The number of hydrogen-bond donors (Lipinski definition) is 2. The predicted octanol–water partition coefficient (Wildman–Crippen LogP) is 3.46. The number of amides is 1. The lowest BCUT2D eigenvalue weighted by molar-refractivity contribution is -0.119. The van der Waals surface area contributed by atoms with Gasteiger partial charge in [0.15, 0.2) is 0 Å². The lowest BCUT2D eigenvalue weighted by Gasteiger charge is -2.11. The van der Waals surface area contributed by atoms with Gasteiger partial charge in [-0.25, -0.2) is 0 Å². The van der Waals surface area contributed by atoms with Gasteiger partial charge >= 0.3 is 0 Å². The third-order valence-corrected chi connectivity index (χ3v) is 3.64. The molecule has 0 saturated heterocycles. The highest BCUT2D eigenvalue weighted by Gasteiger charge is 2.03. The summed E-state index contributed by atoms with van der Waals surface area (Å²) in [6.07, 6.45) is 1.95. The zero-order valence-corrected chi connectivity index (χ0v) is 13.4. The summed E-state index contributed by atoms with van der Waals surface area (Å²) < 4.78 is 0. The average Bonchev–Trinajstić information content (AvgIpc) is 2.53. The summed E-state index contributed by atoms with van der Waals surface area (Å²) in [5.41, 5.74) is 4.68. The van der Waals surface area contributed by atoms with Crippen molar-refractivity contribution >= 4 is 11.6 Å². The zero-order chi connectivity index (χ0) is 15.8. The van der Waals surface area contributed by atoms with Crippen molar-refractivity contribution < 1.29 is 4.79 Å². The van der Waals surface area contributed by atoms with Gasteiger partial charge in [-0.1, -0.05) is 42.5 Å². The van der Waals surface area contributed by atoms with E-state index in [2.05, 4.69) is 41.0 Å². The fraction of sp³-hybridized carbons (Fsp3) is 0.316. The average molecular weight is 296 g/mol. The van der Waals surface area contributed by atoms with Gasteiger partial charge < -0.3 is 10.6 Å². The molecule has 2 N–H and O–H groups in total. The van der Waals surface area contributed by atoms with Gasteiger partial charge in [-0.3, -0.25) is 4.79 Å². The van der Waals surface area contributed by atoms with Crippen LogP contribution >= 0.6 is 0 Å². The van der Waals surface area contributed by atoms with Crippen LogP contribution in [0.3, 0.4) is 0 Å². The lowest BCUT2D eigenvalue weighted by Crippen LogP contribution is -2.30. The second-order valence-electron chi connectivity index (χ2n) is 5.61. The highest BCUT2D eigenvalue weighted by atomic mass is 16.1. The Morgan fingerprint density at radius 2 is 1.82 bits per heavy atom. The molecule has 0 spiro atoms. The minimum absolute atomic E-state index is 0.0361. The molecule has 0 unspecified atom stereocenters. The molecule has 0 aliphatic heterocycles. The summed E-state index contributed by atoms with van der Waals surface area (Å²) >= 11 is 0. The first-order chi connectivity index (χ1) is 10.6. The first-order valence-electron chi connectivity index (χ1n) is 7.77. The molecule has 0 aliphatic carbocycles. The van der Waals surface area contributed by atoms with Gasteiger partial charge in [0.2, 0.25) is 5.91 Å². The molecule has 3 heteroatoms. The van der Waals surface area contributed by atoms with E-state index in [0.717, 1.165) is 24.1 Å². The molecule has 116 valence electrons. The van der Waals surface area contributed by atoms with Crippen LogP contribution in [0.1, 0.15) is 23.1 Å². The van der Waals surface area contributed by atoms with E-state index < -0.39 is 0 Å². The number of anilines is 1. The molecule has 22 heavy (non-hydrogen) atoms. The van der Waals surface area contributed by atoms with E-state index in [0.29, 0.717) is 13.1 Å². The Morgan fingerprint density at radius 3 is 2.59 bits per heavy atom. The minimum Gasteiger partial charge on any atom is -0.376 e. The van der Waals surface area contributed by atoms with Gasteiger partial charge in [-0.2, -0.15) is 0 Å². The Kier molecular flexibility index (Phi) is 6.01. The molecule has 0 bridgehead atoms. The normalized spacial score (nSPS) is 10.3. The maximum Gasteiger partial charge on any atom is 0.239 e. The number of benzene rings is 2. The summed E-state index contributed by atoms with van der Waals surface area (Å²) in [5, 5.41) is 6.16. The number of hydrogen-bond acceptors (Lipinski definition) is 2. The van der Waals surface area contributed by atoms with Gasteiger partial charge in [0, 0.05) is 12.2 Å². The number of rotatable bonds is 7. The fourth-order valence-corrected chi connectivity index (χ4v) is 2.33. The van der Waals surface area contributed by atoms with E-state index in [4.69, 9.17) is 0 Å². The molecule has 0 aliphatic rings. The largest absolute Gasteiger partial charge is 0.376 e. The van der Waals surface area contributed by atoms with Crippen LogP contribution in [0.5, 0.6) is 0 Å². The highest BCUT2D eigenvalue weighted by molar-refractivity contribution is 5.80. The van der Waals surface area contributed by atoms with Gasteiger partial charge in [0.05, 0.1) is 6.54 Å². The van der Waals surface area contributed by atoms with Crippen molar-refractivity contribution in [2.75, 3.05) is 18.4 Å². The first kappa shape index (κ1) is 16.1. The number of aryl methyl sites for hydroxylation is 3. The van der Waals surface area contributed by atoms with Crippen LogP contribution in [0.2, 0.25) is 0 Å². The third-order valence-electron chi connectivity index (χ3n) is 3.64. The molecule has 0 fully saturated rings. The third kappa shape index (κ3) is 5.24. The van der Waals surface area contributed by atoms with Crippen LogP contribution < -0.4 is 10.6 Å². The van der Waals surface area contributed by atoms with E-state index in [-0.39, 0.29) is 5.91 Å². The standard InChI is InChI=1S/C19H24N2O/c1-15-10-11-16(2)18(13-15)21-14-19(22)20-12-6-9-17-7-4-3-5-8-17/h3-5,7-8,10-11,13,21H,6,9,12,14H2,1-2H3,(H,20,22). The minimum atomic E-state index is 0.0361. The Balaban J connectivity index is 1.67. The monoisotopic (exact) mass is 296 g/mol. The summed E-state index contributed by atoms with van der Waals surface area (Å²) in [4.78, 5) is 11.9. The van der Waals surface area contributed by atoms with Gasteiger partial charge in [0.25, 0.3) is 0 Å². The van der Waals surface area contributed by atoms with Crippen molar-refractivity contribution in [3.63, 3.8) is 0 Å². The summed E-state index contributed by atoms with van der Waals surface area (Å²) in [5.74, 6) is 0.0361. The number of nitrogens with one attached hydrogen (secondary N) is 2. The Morgan fingerprint density at radius 1 is 1.05 bits per heavy atom. The second kappa shape index (κ2) is 8.23.